The van der Waals surface area contributed by atoms with Gasteiger partial charge in [-0.2, -0.15) is 0 Å². The van der Waals surface area contributed by atoms with E-state index in [1.165, 1.54) is 13.6 Å². The van der Waals surface area contributed by atoms with Crippen molar-refractivity contribution >= 4 is 35.9 Å². The van der Waals surface area contributed by atoms with Crippen molar-refractivity contribution in [1.29, 1.82) is 0 Å². The first-order valence-corrected chi connectivity index (χ1v) is 13.8. The summed E-state index contributed by atoms with van der Waals surface area (Å²) in [6.45, 7) is 7.73. The standard InChI is InChI=1S/C30H39BN6O/c1-5-10-26(35-30-34-25-11-7-8-12-27(25)36(30)4)28(21(3)32)33-24(6-2)22-13-15-23(16-14-22)29(38)37-19-9-17-31-18-20-37/h7-8,10-16,31H,5-6,9,17-20,32H2,1-4H3,(H,34,35)/b26-10+,28-21?,33-24+. The second kappa shape index (κ2) is 12.6. The van der Waals surface area contributed by atoms with Crippen molar-refractivity contribution < 1.29 is 4.79 Å². The molecule has 1 saturated heterocycles. The highest BCUT2D eigenvalue weighted by molar-refractivity contribution is 6.35. The van der Waals surface area contributed by atoms with Crippen molar-refractivity contribution in [2.24, 2.45) is 17.8 Å². The van der Waals surface area contributed by atoms with E-state index in [9.17, 15) is 4.79 Å². The summed E-state index contributed by atoms with van der Waals surface area (Å²) in [5, 5.41) is 3.48. The summed E-state index contributed by atoms with van der Waals surface area (Å²) in [7, 11) is 3.20. The molecule has 3 aromatic rings. The number of fused-ring (bicyclic) bond motifs is 1. The largest absolute Gasteiger partial charge is 0.400 e. The SMILES string of the molecule is CC/C=C(/Nc1nc2ccccc2n1C)C(/N=C(\CC)c1ccc(C(=O)N2CCBCCC2)cc1)=C(C)N. The van der Waals surface area contributed by atoms with Crippen LogP contribution in [0.1, 0.15) is 56.0 Å². The molecule has 3 N–H and O–H groups in total. The molecular weight excluding hydrogens is 471 g/mol. The van der Waals surface area contributed by atoms with Crippen molar-refractivity contribution in [2.45, 2.75) is 52.7 Å². The van der Waals surface area contributed by atoms with Gasteiger partial charge in [0.25, 0.3) is 5.91 Å². The maximum atomic E-state index is 13.0. The topological polar surface area (TPSA) is 88.5 Å². The Bertz CT molecular complexity index is 1360. The van der Waals surface area contributed by atoms with Gasteiger partial charge in [0.2, 0.25) is 5.95 Å². The number of allylic oxidation sites excluding steroid dienone is 2. The number of rotatable bonds is 8. The van der Waals surface area contributed by atoms with Crippen LogP contribution < -0.4 is 11.1 Å². The van der Waals surface area contributed by atoms with E-state index in [0.29, 0.717) is 11.4 Å². The number of nitrogens with zero attached hydrogens (tertiary/aromatic N) is 4. The molecule has 0 spiro atoms. The van der Waals surface area contributed by atoms with Crippen molar-refractivity contribution in [3.05, 3.63) is 82.8 Å². The minimum Gasteiger partial charge on any atom is -0.400 e. The van der Waals surface area contributed by atoms with Crippen LogP contribution in [0, 0.1) is 0 Å². The van der Waals surface area contributed by atoms with Crippen molar-refractivity contribution in [3.8, 4) is 0 Å². The van der Waals surface area contributed by atoms with Crippen LogP contribution in [-0.2, 0) is 7.05 Å². The lowest BCUT2D eigenvalue weighted by atomic mass is 9.71. The van der Waals surface area contributed by atoms with Gasteiger partial charge in [0.1, 0.15) is 13.0 Å². The second-order valence-electron chi connectivity index (χ2n) is 9.86. The van der Waals surface area contributed by atoms with Crippen LogP contribution in [0.3, 0.4) is 0 Å². The molecule has 1 aliphatic rings. The average Bonchev–Trinajstić information content (AvgIpc) is 3.08. The highest BCUT2D eigenvalue weighted by Crippen LogP contribution is 2.24. The summed E-state index contributed by atoms with van der Waals surface area (Å²) in [6, 6.07) is 15.9. The lowest BCUT2D eigenvalue weighted by Gasteiger charge is -2.20. The number of nitrogens with one attached hydrogen (secondary N) is 1. The highest BCUT2D eigenvalue weighted by atomic mass is 16.2. The third-order valence-corrected chi connectivity index (χ3v) is 7.01. The summed E-state index contributed by atoms with van der Waals surface area (Å²) in [5.74, 6) is 0.848. The smallest absolute Gasteiger partial charge is 0.253 e. The maximum absolute atomic E-state index is 13.0. The lowest BCUT2D eigenvalue weighted by molar-refractivity contribution is 0.0767. The molecule has 0 bridgehead atoms. The zero-order valence-electron chi connectivity index (χ0n) is 23.1. The Morgan fingerprint density at radius 2 is 1.84 bits per heavy atom. The first-order chi connectivity index (χ1) is 18.4. The number of aryl methyl sites for hydroxylation is 1. The van der Waals surface area contributed by atoms with Crippen LogP contribution in [0.5, 0.6) is 0 Å². The number of aromatic nitrogens is 2. The van der Waals surface area contributed by atoms with Gasteiger partial charge in [-0.1, -0.05) is 56.8 Å². The molecule has 0 radical (unpaired) electrons. The number of hydrogen-bond acceptors (Lipinski definition) is 5. The van der Waals surface area contributed by atoms with Crippen molar-refractivity contribution in [2.75, 3.05) is 18.4 Å². The average molecular weight is 510 g/mol. The summed E-state index contributed by atoms with van der Waals surface area (Å²) >= 11 is 0. The zero-order chi connectivity index (χ0) is 27.1. The van der Waals surface area contributed by atoms with Gasteiger partial charge in [0.05, 0.1) is 16.7 Å². The Hall–Kier alpha value is -3.81. The van der Waals surface area contributed by atoms with E-state index in [-0.39, 0.29) is 5.91 Å². The maximum Gasteiger partial charge on any atom is 0.253 e. The Labute approximate surface area is 226 Å². The number of anilines is 1. The number of carbonyl (C=O) groups excluding carboxylic acids is 1. The highest BCUT2D eigenvalue weighted by Gasteiger charge is 2.18. The number of amides is 1. The molecule has 0 unspecified atom stereocenters. The minimum atomic E-state index is 0.117. The number of benzene rings is 2. The van der Waals surface area contributed by atoms with E-state index in [2.05, 4.69) is 31.3 Å². The number of carbonyl (C=O) groups is 1. The lowest BCUT2D eigenvalue weighted by Crippen LogP contribution is -2.31. The Balaban J connectivity index is 1.61. The summed E-state index contributed by atoms with van der Waals surface area (Å²) in [4.78, 5) is 24.9. The number of hydrogen-bond donors (Lipinski definition) is 2. The van der Waals surface area contributed by atoms with Crippen molar-refractivity contribution in [1.82, 2.24) is 14.5 Å². The third kappa shape index (κ3) is 6.18. The Morgan fingerprint density at radius 1 is 1.11 bits per heavy atom. The van der Waals surface area contributed by atoms with Gasteiger partial charge < -0.3 is 20.5 Å². The second-order valence-corrected chi connectivity index (χ2v) is 9.86. The molecule has 0 atom stereocenters. The van der Waals surface area contributed by atoms with Crippen molar-refractivity contribution in [3.63, 3.8) is 0 Å². The van der Waals surface area contributed by atoms with Gasteiger partial charge >= 0.3 is 0 Å². The summed E-state index contributed by atoms with van der Waals surface area (Å²) in [6.07, 6.45) is 7.00. The summed E-state index contributed by atoms with van der Waals surface area (Å²) in [5.41, 5.74) is 13.1. The van der Waals surface area contributed by atoms with E-state index in [1.54, 1.807) is 0 Å². The van der Waals surface area contributed by atoms with Crippen LogP contribution in [0.15, 0.2) is 76.7 Å². The van der Waals surface area contributed by atoms with E-state index < -0.39 is 0 Å². The fourth-order valence-electron chi connectivity index (χ4n) is 4.89. The molecule has 0 aliphatic carbocycles. The van der Waals surface area contributed by atoms with Crippen LogP contribution in [-0.4, -0.2) is 46.4 Å². The van der Waals surface area contributed by atoms with Gasteiger partial charge in [0.15, 0.2) is 0 Å². The first-order valence-electron chi connectivity index (χ1n) is 13.8. The molecule has 2 heterocycles. The Morgan fingerprint density at radius 3 is 2.53 bits per heavy atom. The fourth-order valence-corrected chi connectivity index (χ4v) is 4.89. The van der Waals surface area contributed by atoms with Crippen LogP contribution in [0.2, 0.25) is 12.6 Å². The molecule has 1 aromatic heterocycles. The number of imidazole rings is 1. The predicted octanol–water partition coefficient (Wildman–Crippen LogP) is 5.49. The van der Waals surface area contributed by atoms with E-state index in [0.717, 1.165) is 78.2 Å². The number of nitrogens with two attached hydrogens (primary N) is 1. The van der Waals surface area contributed by atoms with Gasteiger partial charge in [0, 0.05) is 37.1 Å². The fraction of sp³-hybridized carbons (Fsp3) is 0.367. The van der Waals surface area contributed by atoms with E-state index >= 15 is 0 Å². The molecule has 7 nitrogen and oxygen atoms in total. The normalized spacial score (nSPS) is 15.6. The zero-order valence-corrected chi connectivity index (χ0v) is 23.1. The van der Waals surface area contributed by atoms with E-state index in [4.69, 9.17) is 15.7 Å². The monoisotopic (exact) mass is 510 g/mol. The molecule has 1 fully saturated rings. The molecular formula is C30H39BN6O. The number of para-hydroxylation sites is 2. The van der Waals surface area contributed by atoms with Crippen LogP contribution >= 0.6 is 0 Å². The van der Waals surface area contributed by atoms with Crippen LogP contribution in [0.25, 0.3) is 11.0 Å². The van der Waals surface area contributed by atoms with Gasteiger partial charge in [-0.3, -0.25) is 4.79 Å². The molecule has 38 heavy (non-hydrogen) atoms. The van der Waals surface area contributed by atoms with Crippen LogP contribution in [0.4, 0.5) is 5.95 Å². The summed E-state index contributed by atoms with van der Waals surface area (Å²) < 4.78 is 2.03. The molecule has 1 amide bonds. The molecule has 0 saturated carbocycles. The molecule has 8 heteroatoms. The van der Waals surface area contributed by atoms with Gasteiger partial charge in [-0.05, 0) is 56.0 Å². The predicted molar refractivity (Wildman–Crippen MR) is 160 cm³/mol. The van der Waals surface area contributed by atoms with E-state index in [1.807, 2.05) is 65.9 Å². The van der Waals surface area contributed by atoms with Gasteiger partial charge in [-0.15, -0.1) is 0 Å². The third-order valence-electron chi connectivity index (χ3n) is 7.01. The first kappa shape index (κ1) is 27.2. The Kier molecular flexibility index (Phi) is 9.05. The molecule has 4 rings (SSSR count). The molecule has 2 aromatic carbocycles. The minimum absolute atomic E-state index is 0.117. The molecule has 1 aliphatic heterocycles. The quantitative estimate of drug-likeness (QED) is 0.238. The van der Waals surface area contributed by atoms with Gasteiger partial charge in [-0.25, -0.2) is 9.98 Å². The molecule has 198 valence electrons. The number of aliphatic imine (C=N–C) groups is 1.